The molecule has 0 saturated carbocycles. The number of benzene rings is 2. The van der Waals surface area contributed by atoms with Crippen molar-refractivity contribution in [3.8, 4) is 28.3 Å². The molecule has 2 aromatic heterocycles. The predicted octanol–water partition coefficient (Wildman–Crippen LogP) is 5.33. The summed E-state index contributed by atoms with van der Waals surface area (Å²) in [5.41, 5.74) is 4.22. The number of fused-ring (bicyclic) bond motifs is 1. The Morgan fingerprint density at radius 1 is 1.08 bits per heavy atom. The Balaban J connectivity index is 1.79. The molecule has 5 heteroatoms. The second-order valence-electron chi connectivity index (χ2n) is 5.94. The molecule has 0 N–H and O–H groups in total. The molecule has 0 amide bonds. The van der Waals surface area contributed by atoms with Crippen LogP contribution >= 0.6 is 11.3 Å². The molecule has 0 saturated heterocycles. The van der Waals surface area contributed by atoms with E-state index in [2.05, 4.69) is 6.92 Å². The number of ether oxygens (including phenoxy) is 1. The molecule has 0 atom stereocenters. The number of hydrogen-bond donors (Lipinski definition) is 0. The second-order valence-corrected chi connectivity index (χ2v) is 6.78. The summed E-state index contributed by atoms with van der Waals surface area (Å²) < 4.78 is 7.56. The minimum Gasteiger partial charge on any atom is -0.494 e. The summed E-state index contributed by atoms with van der Waals surface area (Å²) in [6.07, 6.45) is 1.85. The smallest absolute Gasteiger partial charge is 0.195 e. The number of aromatic nitrogens is 2. The molecule has 2 aromatic carbocycles. The highest BCUT2D eigenvalue weighted by Gasteiger charge is 2.18. The molecule has 4 rings (SSSR count). The van der Waals surface area contributed by atoms with Gasteiger partial charge in [0.1, 0.15) is 17.1 Å². The van der Waals surface area contributed by atoms with Gasteiger partial charge in [-0.3, -0.25) is 9.20 Å². The zero-order valence-corrected chi connectivity index (χ0v) is 15.2. The normalized spacial score (nSPS) is 11.0. The summed E-state index contributed by atoms with van der Waals surface area (Å²) in [5, 5.41) is 2.04. The standard InChI is InChI=1S/C21H18N2O2S/c1-2-12-25-17-10-8-16(9-11-17)20-18(13-24)23-19(14-26-21(23)22-20)15-6-4-3-5-7-15/h3-11,13-14H,2,12H2,1H3. The van der Waals surface area contributed by atoms with Crippen molar-refractivity contribution in [2.45, 2.75) is 13.3 Å². The maximum absolute atomic E-state index is 11.9. The van der Waals surface area contributed by atoms with E-state index in [4.69, 9.17) is 9.72 Å². The first-order chi connectivity index (χ1) is 12.8. The molecule has 0 bridgehead atoms. The van der Waals surface area contributed by atoms with Crippen LogP contribution < -0.4 is 4.74 Å². The summed E-state index contributed by atoms with van der Waals surface area (Å²) in [7, 11) is 0. The van der Waals surface area contributed by atoms with Crippen molar-refractivity contribution < 1.29 is 9.53 Å². The van der Waals surface area contributed by atoms with Crippen molar-refractivity contribution in [2.75, 3.05) is 6.61 Å². The first kappa shape index (κ1) is 16.5. The van der Waals surface area contributed by atoms with E-state index in [1.54, 1.807) is 0 Å². The maximum Gasteiger partial charge on any atom is 0.195 e. The lowest BCUT2D eigenvalue weighted by Gasteiger charge is -2.05. The average molecular weight is 362 g/mol. The fourth-order valence-electron chi connectivity index (χ4n) is 2.94. The third-order valence-corrected chi connectivity index (χ3v) is 5.01. The lowest BCUT2D eigenvalue weighted by molar-refractivity contribution is 0.111. The van der Waals surface area contributed by atoms with Crippen molar-refractivity contribution in [1.82, 2.24) is 9.38 Å². The van der Waals surface area contributed by atoms with E-state index in [1.807, 2.05) is 64.4 Å². The van der Waals surface area contributed by atoms with E-state index in [0.29, 0.717) is 18.0 Å². The maximum atomic E-state index is 11.9. The van der Waals surface area contributed by atoms with Gasteiger partial charge in [-0.1, -0.05) is 37.3 Å². The van der Waals surface area contributed by atoms with Crippen molar-refractivity contribution in [2.24, 2.45) is 0 Å². The number of imidazole rings is 1. The quantitative estimate of drug-likeness (QED) is 0.435. The fraction of sp³-hybridized carbons (Fsp3) is 0.143. The van der Waals surface area contributed by atoms with Crippen LogP contribution in [-0.2, 0) is 0 Å². The molecule has 0 radical (unpaired) electrons. The van der Waals surface area contributed by atoms with Crippen LogP contribution in [0.1, 0.15) is 23.8 Å². The Morgan fingerprint density at radius 3 is 2.54 bits per heavy atom. The summed E-state index contributed by atoms with van der Waals surface area (Å²) in [5.74, 6) is 0.828. The number of thiazole rings is 1. The van der Waals surface area contributed by atoms with E-state index >= 15 is 0 Å². The fourth-order valence-corrected chi connectivity index (χ4v) is 3.85. The van der Waals surface area contributed by atoms with Gasteiger partial charge < -0.3 is 4.74 Å². The average Bonchev–Trinajstić information content (AvgIpc) is 3.26. The largest absolute Gasteiger partial charge is 0.494 e. The SMILES string of the molecule is CCCOc1ccc(-c2nc3scc(-c4ccccc4)n3c2C=O)cc1. The molecule has 0 unspecified atom stereocenters. The van der Waals surface area contributed by atoms with Crippen LogP contribution in [0.5, 0.6) is 5.75 Å². The number of carbonyl (C=O) groups is 1. The Labute approximate surface area is 155 Å². The van der Waals surface area contributed by atoms with Gasteiger partial charge in [0.2, 0.25) is 0 Å². The van der Waals surface area contributed by atoms with Gasteiger partial charge in [-0.15, -0.1) is 11.3 Å². The van der Waals surface area contributed by atoms with Crippen LogP contribution in [0.25, 0.3) is 27.5 Å². The van der Waals surface area contributed by atoms with Crippen LogP contribution in [0.3, 0.4) is 0 Å². The Kier molecular flexibility index (Phi) is 4.54. The van der Waals surface area contributed by atoms with Gasteiger partial charge in [0.15, 0.2) is 11.2 Å². The number of nitrogens with zero attached hydrogens (tertiary/aromatic N) is 2. The molecule has 0 fully saturated rings. The topological polar surface area (TPSA) is 43.6 Å². The van der Waals surface area contributed by atoms with Gasteiger partial charge in [-0.25, -0.2) is 4.98 Å². The summed E-state index contributed by atoms with van der Waals surface area (Å²) in [6, 6.07) is 17.8. The first-order valence-electron chi connectivity index (χ1n) is 8.55. The summed E-state index contributed by atoms with van der Waals surface area (Å²) >= 11 is 1.54. The zero-order valence-electron chi connectivity index (χ0n) is 14.4. The Hall–Kier alpha value is -2.92. The van der Waals surface area contributed by atoms with Crippen LogP contribution in [0.2, 0.25) is 0 Å². The van der Waals surface area contributed by atoms with Crippen LogP contribution in [0.4, 0.5) is 0 Å². The molecule has 0 aliphatic carbocycles. The monoisotopic (exact) mass is 362 g/mol. The van der Waals surface area contributed by atoms with E-state index in [-0.39, 0.29) is 0 Å². The number of aldehydes is 1. The molecule has 26 heavy (non-hydrogen) atoms. The van der Waals surface area contributed by atoms with Crippen LogP contribution in [0, 0.1) is 0 Å². The molecule has 4 aromatic rings. The molecule has 4 nitrogen and oxygen atoms in total. The van der Waals surface area contributed by atoms with E-state index in [0.717, 1.165) is 40.2 Å². The summed E-state index contributed by atoms with van der Waals surface area (Å²) in [4.78, 5) is 17.4. The minimum atomic E-state index is 0.572. The zero-order chi connectivity index (χ0) is 17.9. The van der Waals surface area contributed by atoms with Gasteiger partial charge >= 0.3 is 0 Å². The first-order valence-corrected chi connectivity index (χ1v) is 9.43. The lowest BCUT2D eigenvalue weighted by atomic mass is 10.1. The molecular weight excluding hydrogens is 344 g/mol. The van der Waals surface area contributed by atoms with Crippen molar-refractivity contribution in [3.63, 3.8) is 0 Å². The van der Waals surface area contributed by atoms with Gasteiger partial charge in [-0.05, 0) is 36.2 Å². The Morgan fingerprint density at radius 2 is 1.85 bits per heavy atom. The minimum absolute atomic E-state index is 0.572. The highest BCUT2D eigenvalue weighted by atomic mass is 32.1. The van der Waals surface area contributed by atoms with Gasteiger partial charge in [0.05, 0.1) is 12.3 Å². The van der Waals surface area contributed by atoms with E-state index < -0.39 is 0 Å². The number of hydrogen-bond acceptors (Lipinski definition) is 4. The van der Waals surface area contributed by atoms with Crippen LogP contribution in [0.15, 0.2) is 60.0 Å². The Bertz CT molecular complexity index is 1030. The predicted molar refractivity (Wildman–Crippen MR) is 105 cm³/mol. The molecule has 130 valence electrons. The number of carbonyl (C=O) groups excluding carboxylic acids is 1. The van der Waals surface area contributed by atoms with Crippen molar-refractivity contribution in [3.05, 3.63) is 65.7 Å². The highest BCUT2D eigenvalue weighted by molar-refractivity contribution is 7.15. The highest BCUT2D eigenvalue weighted by Crippen LogP contribution is 2.32. The van der Waals surface area contributed by atoms with E-state index in [1.165, 1.54) is 11.3 Å². The molecule has 0 spiro atoms. The second kappa shape index (κ2) is 7.14. The molecule has 0 aliphatic rings. The summed E-state index contributed by atoms with van der Waals surface area (Å²) in [6.45, 7) is 2.77. The third kappa shape index (κ3) is 2.91. The van der Waals surface area contributed by atoms with Gasteiger partial charge in [0.25, 0.3) is 0 Å². The number of rotatable bonds is 6. The van der Waals surface area contributed by atoms with Gasteiger partial charge in [0, 0.05) is 10.9 Å². The molecular formula is C21H18N2O2S. The van der Waals surface area contributed by atoms with Gasteiger partial charge in [-0.2, -0.15) is 0 Å². The van der Waals surface area contributed by atoms with Crippen molar-refractivity contribution in [1.29, 1.82) is 0 Å². The molecule has 2 heterocycles. The molecule has 0 aliphatic heterocycles. The van der Waals surface area contributed by atoms with Crippen molar-refractivity contribution >= 4 is 22.6 Å². The lowest BCUT2D eigenvalue weighted by Crippen LogP contribution is -1.95. The van der Waals surface area contributed by atoms with E-state index in [9.17, 15) is 4.79 Å². The van der Waals surface area contributed by atoms with Crippen LogP contribution in [-0.4, -0.2) is 22.3 Å². The third-order valence-electron chi connectivity index (χ3n) is 4.18.